The Balaban J connectivity index is 1.53. The molecule has 1 aromatic carbocycles. The highest BCUT2D eigenvalue weighted by Crippen LogP contribution is 2.15. The van der Waals surface area contributed by atoms with Gasteiger partial charge in [0.2, 0.25) is 11.8 Å². The largest absolute Gasteiger partial charge is 0.481 e. The number of hydrogen-bond acceptors (Lipinski definition) is 3. The molecular formula is C18H19N3O2. The molecule has 5 nitrogen and oxygen atoms in total. The summed E-state index contributed by atoms with van der Waals surface area (Å²) < 4.78 is 7.17. The summed E-state index contributed by atoms with van der Waals surface area (Å²) in [5, 5.41) is 4.12. The third kappa shape index (κ3) is 3.69. The summed E-state index contributed by atoms with van der Waals surface area (Å²) in [5.41, 5.74) is 2.12. The molecule has 0 unspecified atom stereocenters. The normalized spacial score (nSPS) is 10.7. The molecule has 5 heteroatoms. The Hall–Kier alpha value is -2.82. The maximum atomic E-state index is 12.0. The molecule has 2 heterocycles. The monoisotopic (exact) mass is 309 g/mol. The number of fused-ring (bicyclic) bond motifs is 1. The third-order valence-corrected chi connectivity index (χ3v) is 3.76. The van der Waals surface area contributed by atoms with E-state index in [2.05, 4.69) is 33.1 Å². The van der Waals surface area contributed by atoms with Crippen molar-refractivity contribution in [1.29, 1.82) is 0 Å². The van der Waals surface area contributed by atoms with E-state index in [1.807, 2.05) is 30.5 Å². The number of methoxy groups -OCH3 is 1. The number of para-hydroxylation sites is 1. The number of rotatable bonds is 6. The molecule has 0 saturated carbocycles. The van der Waals surface area contributed by atoms with Crippen molar-refractivity contribution in [3.63, 3.8) is 0 Å². The standard InChI is InChI=1S/C18H19N3O2/c1-23-18-12-14(6-9-19-18)13-20-17(22)8-11-21-10-7-15-4-2-3-5-16(15)21/h2-7,9-10,12H,8,11,13H2,1H3,(H,20,22). The van der Waals surface area contributed by atoms with Crippen molar-refractivity contribution in [2.75, 3.05) is 7.11 Å². The van der Waals surface area contributed by atoms with Crippen LogP contribution in [0.5, 0.6) is 5.88 Å². The number of carbonyl (C=O) groups is 1. The molecule has 0 aliphatic rings. The number of ether oxygens (including phenoxy) is 1. The average molecular weight is 309 g/mol. The van der Waals surface area contributed by atoms with E-state index in [0.717, 1.165) is 11.1 Å². The second-order valence-corrected chi connectivity index (χ2v) is 5.30. The van der Waals surface area contributed by atoms with Crippen molar-refractivity contribution in [1.82, 2.24) is 14.9 Å². The molecule has 1 N–H and O–H groups in total. The first kappa shape index (κ1) is 15.1. The molecular weight excluding hydrogens is 290 g/mol. The van der Waals surface area contributed by atoms with Crippen LogP contribution in [0, 0.1) is 0 Å². The van der Waals surface area contributed by atoms with Crippen molar-refractivity contribution in [3.8, 4) is 5.88 Å². The van der Waals surface area contributed by atoms with Crippen LogP contribution in [-0.2, 0) is 17.9 Å². The Morgan fingerprint density at radius 2 is 2.13 bits per heavy atom. The first-order chi connectivity index (χ1) is 11.3. The number of benzene rings is 1. The first-order valence-electron chi connectivity index (χ1n) is 7.56. The summed E-state index contributed by atoms with van der Waals surface area (Å²) in [6.45, 7) is 1.14. The summed E-state index contributed by atoms with van der Waals surface area (Å²) in [6, 6.07) is 13.9. The highest BCUT2D eigenvalue weighted by molar-refractivity contribution is 5.80. The van der Waals surface area contributed by atoms with Gasteiger partial charge in [0.05, 0.1) is 7.11 Å². The van der Waals surface area contributed by atoms with E-state index in [4.69, 9.17) is 4.74 Å². The van der Waals surface area contributed by atoms with Crippen molar-refractivity contribution < 1.29 is 9.53 Å². The summed E-state index contributed by atoms with van der Waals surface area (Å²) >= 11 is 0. The second kappa shape index (κ2) is 6.96. The molecule has 3 aromatic rings. The lowest BCUT2D eigenvalue weighted by Gasteiger charge is -2.08. The molecule has 1 amide bonds. The molecule has 0 aliphatic carbocycles. The average Bonchev–Trinajstić information content (AvgIpc) is 3.01. The Morgan fingerprint density at radius 1 is 1.26 bits per heavy atom. The molecule has 0 fully saturated rings. The van der Waals surface area contributed by atoms with Gasteiger partial charge in [-0.25, -0.2) is 4.98 Å². The first-order valence-corrected chi connectivity index (χ1v) is 7.56. The Labute approximate surface area is 134 Å². The minimum atomic E-state index is 0.0264. The maximum absolute atomic E-state index is 12.0. The molecule has 3 rings (SSSR count). The zero-order valence-corrected chi connectivity index (χ0v) is 13.0. The van der Waals surface area contributed by atoms with Crippen LogP contribution in [0.1, 0.15) is 12.0 Å². The van der Waals surface area contributed by atoms with Crippen LogP contribution >= 0.6 is 0 Å². The molecule has 0 aliphatic heterocycles. The van der Waals surface area contributed by atoms with E-state index in [0.29, 0.717) is 25.4 Å². The third-order valence-electron chi connectivity index (χ3n) is 3.76. The number of pyridine rings is 1. The SMILES string of the molecule is COc1cc(CNC(=O)CCn2ccc3ccccc32)ccn1. The van der Waals surface area contributed by atoms with Gasteiger partial charge in [-0.1, -0.05) is 18.2 Å². The Morgan fingerprint density at radius 3 is 3.00 bits per heavy atom. The molecule has 0 atom stereocenters. The topological polar surface area (TPSA) is 56.1 Å². The van der Waals surface area contributed by atoms with E-state index in [1.165, 1.54) is 5.39 Å². The van der Waals surface area contributed by atoms with Crippen molar-refractivity contribution in [2.45, 2.75) is 19.5 Å². The second-order valence-electron chi connectivity index (χ2n) is 5.30. The maximum Gasteiger partial charge on any atom is 0.222 e. The summed E-state index contributed by atoms with van der Waals surface area (Å²) in [5.74, 6) is 0.578. The number of amides is 1. The highest BCUT2D eigenvalue weighted by Gasteiger charge is 2.05. The molecule has 0 spiro atoms. The summed E-state index contributed by atoms with van der Waals surface area (Å²) in [7, 11) is 1.58. The van der Waals surface area contributed by atoms with Gasteiger partial charge in [-0.3, -0.25) is 4.79 Å². The fourth-order valence-corrected chi connectivity index (χ4v) is 2.52. The van der Waals surface area contributed by atoms with Crippen LogP contribution in [-0.4, -0.2) is 22.6 Å². The number of nitrogens with zero attached hydrogens (tertiary/aromatic N) is 2. The van der Waals surface area contributed by atoms with Crippen LogP contribution in [0.15, 0.2) is 54.9 Å². The van der Waals surface area contributed by atoms with E-state index < -0.39 is 0 Å². The number of aryl methyl sites for hydroxylation is 1. The summed E-state index contributed by atoms with van der Waals surface area (Å²) in [4.78, 5) is 16.1. The van der Waals surface area contributed by atoms with E-state index in [-0.39, 0.29) is 5.91 Å². The minimum Gasteiger partial charge on any atom is -0.481 e. The van der Waals surface area contributed by atoms with Crippen LogP contribution in [0.2, 0.25) is 0 Å². The molecule has 23 heavy (non-hydrogen) atoms. The van der Waals surface area contributed by atoms with Gasteiger partial charge in [0.15, 0.2) is 0 Å². The Kier molecular flexibility index (Phi) is 4.57. The zero-order chi connectivity index (χ0) is 16.1. The van der Waals surface area contributed by atoms with Crippen LogP contribution in [0.25, 0.3) is 10.9 Å². The predicted molar refractivity (Wildman–Crippen MR) is 89.2 cm³/mol. The molecule has 118 valence electrons. The highest BCUT2D eigenvalue weighted by atomic mass is 16.5. The zero-order valence-electron chi connectivity index (χ0n) is 13.0. The van der Waals surface area contributed by atoms with E-state index in [9.17, 15) is 4.79 Å². The number of aromatic nitrogens is 2. The molecule has 0 saturated heterocycles. The lowest BCUT2D eigenvalue weighted by molar-refractivity contribution is -0.121. The van der Waals surface area contributed by atoms with Gasteiger partial charge in [0, 0.05) is 43.5 Å². The fourth-order valence-electron chi connectivity index (χ4n) is 2.52. The number of hydrogen-bond donors (Lipinski definition) is 1. The minimum absolute atomic E-state index is 0.0264. The molecule has 0 radical (unpaired) electrons. The van der Waals surface area contributed by atoms with Gasteiger partial charge in [-0.2, -0.15) is 0 Å². The predicted octanol–water partition coefficient (Wildman–Crippen LogP) is 2.75. The van der Waals surface area contributed by atoms with E-state index in [1.54, 1.807) is 13.3 Å². The van der Waals surface area contributed by atoms with Gasteiger partial charge in [0.25, 0.3) is 0 Å². The van der Waals surface area contributed by atoms with Gasteiger partial charge >= 0.3 is 0 Å². The summed E-state index contributed by atoms with van der Waals surface area (Å²) in [6.07, 6.45) is 4.14. The Bertz CT molecular complexity index is 811. The van der Waals surface area contributed by atoms with Crippen LogP contribution < -0.4 is 10.1 Å². The quantitative estimate of drug-likeness (QED) is 0.762. The molecule has 2 aromatic heterocycles. The fraction of sp³-hybridized carbons (Fsp3) is 0.222. The van der Waals surface area contributed by atoms with Crippen LogP contribution in [0.4, 0.5) is 0 Å². The van der Waals surface area contributed by atoms with Crippen molar-refractivity contribution >= 4 is 16.8 Å². The van der Waals surface area contributed by atoms with Gasteiger partial charge in [-0.05, 0) is 29.1 Å². The number of carbonyl (C=O) groups excluding carboxylic acids is 1. The van der Waals surface area contributed by atoms with Crippen LogP contribution in [0.3, 0.4) is 0 Å². The smallest absolute Gasteiger partial charge is 0.222 e. The van der Waals surface area contributed by atoms with Gasteiger partial charge in [-0.15, -0.1) is 0 Å². The van der Waals surface area contributed by atoms with Crippen molar-refractivity contribution in [2.24, 2.45) is 0 Å². The molecule has 0 bridgehead atoms. The number of nitrogens with one attached hydrogen (secondary N) is 1. The van der Waals surface area contributed by atoms with Gasteiger partial charge in [0.1, 0.15) is 0 Å². The lowest BCUT2D eigenvalue weighted by Crippen LogP contribution is -2.23. The van der Waals surface area contributed by atoms with Gasteiger partial charge < -0.3 is 14.6 Å². The van der Waals surface area contributed by atoms with Crippen molar-refractivity contribution in [3.05, 3.63) is 60.4 Å². The lowest BCUT2D eigenvalue weighted by atomic mass is 10.2. The van der Waals surface area contributed by atoms with E-state index >= 15 is 0 Å².